The van der Waals surface area contributed by atoms with Gasteiger partial charge in [-0.2, -0.15) is 0 Å². The summed E-state index contributed by atoms with van der Waals surface area (Å²) in [5.74, 6) is 5.90. The second kappa shape index (κ2) is 7.11. The molecule has 0 saturated heterocycles. The smallest absolute Gasteiger partial charge is 0.407 e. The van der Waals surface area contributed by atoms with Gasteiger partial charge in [0.2, 0.25) is 0 Å². The predicted octanol–water partition coefficient (Wildman–Crippen LogP) is 3.22. The molecule has 20 heavy (non-hydrogen) atoms. The molecule has 1 heterocycles. The van der Waals surface area contributed by atoms with Crippen molar-refractivity contribution in [3.63, 3.8) is 0 Å². The van der Waals surface area contributed by atoms with Crippen LogP contribution in [0.3, 0.4) is 0 Å². The first-order valence-corrected chi connectivity index (χ1v) is 7.22. The lowest BCUT2D eigenvalue weighted by atomic mass is 10.2. The van der Waals surface area contributed by atoms with Crippen molar-refractivity contribution in [1.82, 2.24) is 5.32 Å². The van der Waals surface area contributed by atoms with Crippen molar-refractivity contribution in [2.45, 2.75) is 39.7 Å². The van der Waals surface area contributed by atoms with Gasteiger partial charge in [0.05, 0.1) is 4.88 Å². The molecule has 0 fully saturated rings. The maximum absolute atomic E-state index is 11.4. The first-order valence-electron chi connectivity index (χ1n) is 6.34. The van der Waals surface area contributed by atoms with Crippen molar-refractivity contribution in [2.75, 3.05) is 6.54 Å². The number of carbonyl (C=O) groups excluding carboxylic acids is 2. The topological polar surface area (TPSA) is 55.4 Å². The number of hydrogen-bond acceptors (Lipinski definition) is 4. The molecular weight excluding hydrogens is 274 g/mol. The van der Waals surface area contributed by atoms with Crippen LogP contribution >= 0.6 is 11.3 Å². The fraction of sp³-hybridized carbons (Fsp3) is 0.467. The number of rotatable bonds is 3. The summed E-state index contributed by atoms with van der Waals surface area (Å²) in [7, 11) is 0. The third-order valence-electron chi connectivity index (χ3n) is 2.13. The zero-order chi connectivity index (χ0) is 15.2. The Hall–Kier alpha value is -1.80. The number of alkyl carbamates (subject to hydrolysis) is 1. The summed E-state index contributed by atoms with van der Waals surface area (Å²) in [6.07, 6.45) is 0.0613. The lowest BCUT2D eigenvalue weighted by Crippen LogP contribution is -2.32. The highest BCUT2D eigenvalue weighted by molar-refractivity contribution is 7.12. The molecule has 1 N–H and O–H groups in total. The Labute approximate surface area is 123 Å². The first-order chi connectivity index (χ1) is 9.29. The molecule has 0 atom stereocenters. The van der Waals surface area contributed by atoms with Crippen LogP contribution in [0.4, 0.5) is 4.79 Å². The highest BCUT2D eigenvalue weighted by atomic mass is 32.1. The van der Waals surface area contributed by atoms with Crippen molar-refractivity contribution >= 4 is 23.2 Å². The molecule has 0 spiro atoms. The predicted molar refractivity (Wildman–Crippen MR) is 80.1 cm³/mol. The third kappa shape index (κ3) is 5.89. The third-order valence-corrected chi connectivity index (χ3v) is 3.14. The van der Waals surface area contributed by atoms with E-state index in [1.54, 1.807) is 0 Å². The van der Waals surface area contributed by atoms with Gasteiger partial charge in [0.15, 0.2) is 5.78 Å². The molecular formula is C15H19NO3S. The zero-order valence-corrected chi connectivity index (χ0v) is 13.0. The van der Waals surface area contributed by atoms with Crippen molar-refractivity contribution in [1.29, 1.82) is 0 Å². The van der Waals surface area contributed by atoms with Gasteiger partial charge < -0.3 is 10.1 Å². The quantitative estimate of drug-likeness (QED) is 0.529. The molecule has 0 aliphatic heterocycles. The Bertz CT molecular complexity index is 543. The van der Waals surface area contributed by atoms with Gasteiger partial charge in [-0.25, -0.2) is 4.79 Å². The van der Waals surface area contributed by atoms with Crippen LogP contribution in [0.1, 0.15) is 49.4 Å². The van der Waals surface area contributed by atoms with Crippen LogP contribution in [0.25, 0.3) is 0 Å². The molecule has 0 bridgehead atoms. The van der Waals surface area contributed by atoms with Crippen molar-refractivity contribution in [2.24, 2.45) is 0 Å². The molecule has 0 aromatic carbocycles. The highest BCUT2D eigenvalue weighted by Crippen LogP contribution is 2.16. The van der Waals surface area contributed by atoms with Crippen LogP contribution < -0.4 is 5.32 Å². The Morgan fingerprint density at radius 3 is 2.70 bits per heavy atom. The lowest BCUT2D eigenvalue weighted by molar-refractivity contribution is 0.0529. The first kappa shape index (κ1) is 16.3. The molecule has 0 radical (unpaired) electrons. The van der Waals surface area contributed by atoms with Gasteiger partial charge in [0, 0.05) is 18.5 Å². The number of hydrogen-bond donors (Lipinski definition) is 1. The summed E-state index contributed by atoms with van der Waals surface area (Å²) >= 11 is 1.39. The molecule has 0 unspecified atom stereocenters. The van der Waals surface area contributed by atoms with Crippen molar-refractivity contribution in [3.8, 4) is 11.8 Å². The molecule has 1 aromatic rings. The molecule has 0 aliphatic carbocycles. The molecule has 1 rings (SSSR count). The monoisotopic (exact) mass is 293 g/mol. The van der Waals surface area contributed by atoms with E-state index in [9.17, 15) is 9.59 Å². The van der Waals surface area contributed by atoms with Crippen molar-refractivity contribution < 1.29 is 14.3 Å². The Morgan fingerprint density at radius 2 is 2.10 bits per heavy atom. The number of ketones is 1. The SMILES string of the molecule is CC(=O)c1sccc1C#CCCNC(=O)OC(C)(C)C. The van der Waals surface area contributed by atoms with Gasteiger partial charge in [0.1, 0.15) is 5.60 Å². The molecule has 0 saturated carbocycles. The summed E-state index contributed by atoms with van der Waals surface area (Å²) in [5.41, 5.74) is 0.253. The summed E-state index contributed by atoms with van der Waals surface area (Å²) in [6, 6.07) is 1.83. The number of carbonyl (C=O) groups is 2. The molecule has 5 heteroatoms. The van der Waals surface area contributed by atoms with Gasteiger partial charge in [-0.15, -0.1) is 11.3 Å². The van der Waals surface area contributed by atoms with Gasteiger partial charge in [-0.05, 0) is 39.1 Å². The van der Waals surface area contributed by atoms with E-state index in [0.717, 1.165) is 5.56 Å². The molecule has 108 valence electrons. The van der Waals surface area contributed by atoms with Crippen LogP contribution in [0.5, 0.6) is 0 Å². The lowest BCUT2D eigenvalue weighted by Gasteiger charge is -2.19. The Balaban J connectivity index is 2.39. The van der Waals surface area contributed by atoms with Crippen molar-refractivity contribution in [3.05, 3.63) is 21.9 Å². The van der Waals surface area contributed by atoms with Crippen LogP contribution in [-0.2, 0) is 4.74 Å². The minimum absolute atomic E-state index is 0.0242. The summed E-state index contributed by atoms with van der Waals surface area (Å²) in [4.78, 5) is 23.4. The van der Waals surface area contributed by atoms with E-state index in [1.165, 1.54) is 18.3 Å². The average molecular weight is 293 g/mol. The second-order valence-electron chi connectivity index (χ2n) is 5.20. The minimum atomic E-state index is -0.497. The Kier molecular flexibility index (Phi) is 5.78. The van der Waals surface area contributed by atoms with Gasteiger partial charge in [-0.3, -0.25) is 4.79 Å². The van der Waals surface area contributed by atoms with E-state index < -0.39 is 11.7 Å². The van der Waals surface area contributed by atoms with E-state index in [0.29, 0.717) is 17.8 Å². The maximum atomic E-state index is 11.4. The van der Waals surface area contributed by atoms with Crippen LogP contribution in [-0.4, -0.2) is 24.0 Å². The summed E-state index contributed by atoms with van der Waals surface area (Å²) in [5, 5.41) is 4.48. The second-order valence-corrected chi connectivity index (χ2v) is 6.12. The summed E-state index contributed by atoms with van der Waals surface area (Å²) < 4.78 is 5.10. The van der Waals surface area contributed by atoms with E-state index in [4.69, 9.17) is 4.74 Å². The largest absolute Gasteiger partial charge is 0.444 e. The number of nitrogens with one attached hydrogen (secondary N) is 1. The maximum Gasteiger partial charge on any atom is 0.407 e. The molecule has 0 aliphatic rings. The fourth-order valence-corrected chi connectivity index (χ4v) is 2.13. The average Bonchev–Trinajstić information content (AvgIpc) is 2.74. The fourth-order valence-electron chi connectivity index (χ4n) is 1.38. The van der Waals surface area contributed by atoms with E-state index in [1.807, 2.05) is 32.2 Å². The number of ether oxygens (including phenoxy) is 1. The standard InChI is InChI=1S/C15H19NO3S/c1-11(17)13-12(8-10-20-13)7-5-6-9-16-14(18)19-15(2,3)4/h8,10H,6,9H2,1-4H3,(H,16,18). The van der Waals surface area contributed by atoms with Crippen LogP contribution in [0.15, 0.2) is 11.4 Å². The van der Waals surface area contributed by atoms with Gasteiger partial charge in [0.25, 0.3) is 0 Å². The molecule has 4 nitrogen and oxygen atoms in total. The van der Waals surface area contributed by atoms with Crippen LogP contribution in [0, 0.1) is 11.8 Å². The number of amides is 1. The highest BCUT2D eigenvalue weighted by Gasteiger charge is 2.15. The Morgan fingerprint density at radius 1 is 1.40 bits per heavy atom. The summed E-state index contributed by atoms with van der Waals surface area (Å²) in [6.45, 7) is 7.38. The van der Waals surface area contributed by atoms with E-state index in [2.05, 4.69) is 17.2 Å². The number of Topliss-reactive ketones (excluding diaryl/α,β-unsaturated/α-hetero) is 1. The van der Waals surface area contributed by atoms with E-state index in [-0.39, 0.29) is 5.78 Å². The number of thiophene rings is 1. The normalized spacial score (nSPS) is 10.4. The van der Waals surface area contributed by atoms with Crippen LogP contribution in [0.2, 0.25) is 0 Å². The molecule has 1 amide bonds. The zero-order valence-electron chi connectivity index (χ0n) is 12.2. The van der Waals surface area contributed by atoms with Gasteiger partial charge >= 0.3 is 6.09 Å². The minimum Gasteiger partial charge on any atom is -0.444 e. The van der Waals surface area contributed by atoms with Gasteiger partial charge in [-0.1, -0.05) is 11.8 Å². The van der Waals surface area contributed by atoms with E-state index >= 15 is 0 Å². The molecule has 1 aromatic heterocycles.